The van der Waals surface area contributed by atoms with E-state index in [1.807, 2.05) is 36.4 Å². The molecule has 156 valence electrons. The predicted molar refractivity (Wildman–Crippen MR) is 119 cm³/mol. The molecule has 0 saturated carbocycles. The molecule has 31 heavy (non-hydrogen) atoms. The van der Waals surface area contributed by atoms with Crippen LogP contribution in [0.2, 0.25) is 0 Å². The van der Waals surface area contributed by atoms with E-state index in [0.717, 1.165) is 79.3 Å². The zero-order valence-electron chi connectivity index (χ0n) is 17.3. The van der Waals surface area contributed by atoms with E-state index in [-0.39, 0.29) is 6.10 Å². The van der Waals surface area contributed by atoms with Gasteiger partial charge in [-0.1, -0.05) is 6.07 Å². The summed E-state index contributed by atoms with van der Waals surface area (Å²) >= 11 is 0. The Bertz CT molecular complexity index is 1130. The van der Waals surface area contributed by atoms with Gasteiger partial charge in [-0.05, 0) is 62.4 Å². The van der Waals surface area contributed by atoms with Gasteiger partial charge in [0.2, 0.25) is 0 Å². The molecule has 5 rings (SSSR count). The molecule has 3 heterocycles. The molecule has 1 aliphatic carbocycles. The van der Waals surface area contributed by atoms with E-state index < -0.39 is 0 Å². The second kappa shape index (κ2) is 8.32. The van der Waals surface area contributed by atoms with E-state index in [2.05, 4.69) is 21.3 Å². The molecule has 1 aromatic carbocycles. The number of hydrogen-bond donors (Lipinski definition) is 2. The third kappa shape index (κ3) is 3.94. The summed E-state index contributed by atoms with van der Waals surface area (Å²) in [6.45, 7) is 1.52. The monoisotopic (exact) mass is 412 g/mol. The number of aryl methyl sites for hydroxylation is 1. The molecule has 0 bridgehead atoms. The fourth-order valence-corrected chi connectivity index (χ4v) is 4.37. The number of benzene rings is 1. The predicted octanol–water partition coefficient (Wildman–Crippen LogP) is 3.60. The van der Waals surface area contributed by atoms with E-state index in [0.29, 0.717) is 11.4 Å². The van der Waals surface area contributed by atoms with Crippen molar-refractivity contribution in [2.45, 2.75) is 38.2 Å². The number of aromatic nitrogens is 3. The van der Waals surface area contributed by atoms with Crippen LogP contribution in [-0.2, 0) is 12.8 Å². The van der Waals surface area contributed by atoms with E-state index in [4.69, 9.17) is 9.97 Å². The number of aliphatic hydroxyl groups excluding tert-OH is 1. The Kier molecular flexibility index (Phi) is 5.23. The first-order valence-electron chi connectivity index (χ1n) is 10.8. The first-order chi connectivity index (χ1) is 15.2. The lowest BCUT2D eigenvalue weighted by atomic mass is 10.0. The van der Waals surface area contributed by atoms with Crippen LogP contribution in [-0.4, -0.2) is 39.3 Å². The highest BCUT2D eigenvalue weighted by atomic mass is 16.3. The van der Waals surface area contributed by atoms with Crippen LogP contribution in [0.5, 0.6) is 0 Å². The maximum absolute atomic E-state index is 9.77. The van der Waals surface area contributed by atoms with Gasteiger partial charge in [0.25, 0.3) is 0 Å². The van der Waals surface area contributed by atoms with E-state index in [1.165, 1.54) is 0 Å². The molecule has 0 amide bonds. The summed E-state index contributed by atoms with van der Waals surface area (Å²) in [6, 6.07) is 13.9. The number of rotatable bonds is 4. The number of nitrogens with one attached hydrogen (secondary N) is 1. The van der Waals surface area contributed by atoms with Gasteiger partial charge in [0.1, 0.15) is 17.6 Å². The Morgan fingerprint density at radius 2 is 1.97 bits per heavy atom. The average molecular weight is 412 g/mol. The van der Waals surface area contributed by atoms with Crippen molar-refractivity contribution in [3.8, 4) is 17.6 Å². The molecule has 2 aromatic heterocycles. The molecule has 3 aromatic rings. The standard InChI is InChI=1S/C24H24N6O/c25-15-16-14-17(7-8-22(16)30-12-9-18(31)10-13-30)27-23-19-4-3-6-20(19)28-24(29-23)21-5-1-2-11-26-21/h1-2,5,7-8,11,14,18,31H,3-4,6,9-10,12-13H2,(H,27,28,29). The van der Waals surface area contributed by atoms with Gasteiger partial charge < -0.3 is 15.3 Å². The number of piperidine rings is 1. The van der Waals surface area contributed by atoms with Crippen molar-refractivity contribution in [1.29, 1.82) is 5.26 Å². The van der Waals surface area contributed by atoms with Crippen LogP contribution in [0.4, 0.5) is 17.2 Å². The highest BCUT2D eigenvalue weighted by Crippen LogP contribution is 2.32. The minimum atomic E-state index is -0.240. The first kappa shape index (κ1) is 19.5. The van der Waals surface area contributed by atoms with Crippen molar-refractivity contribution in [1.82, 2.24) is 15.0 Å². The minimum Gasteiger partial charge on any atom is -0.393 e. The van der Waals surface area contributed by atoms with Gasteiger partial charge in [0.15, 0.2) is 5.82 Å². The topological polar surface area (TPSA) is 98.0 Å². The van der Waals surface area contributed by atoms with Crippen molar-refractivity contribution in [3.05, 3.63) is 59.4 Å². The third-order valence-electron chi connectivity index (χ3n) is 6.01. The Balaban J connectivity index is 1.46. The van der Waals surface area contributed by atoms with Crippen molar-refractivity contribution < 1.29 is 5.11 Å². The highest BCUT2D eigenvalue weighted by Gasteiger charge is 2.22. The highest BCUT2D eigenvalue weighted by molar-refractivity contribution is 5.70. The number of nitrogens with zero attached hydrogens (tertiary/aromatic N) is 5. The van der Waals surface area contributed by atoms with Crippen LogP contribution in [0.15, 0.2) is 42.6 Å². The van der Waals surface area contributed by atoms with Crippen LogP contribution in [0.3, 0.4) is 0 Å². The lowest BCUT2D eigenvalue weighted by Gasteiger charge is -2.32. The Labute approximate surface area is 181 Å². The average Bonchev–Trinajstić information content (AvgIpc) is 3.29. The van der Waals surface area contributed by atoms with E-state index >= 15 is 0 Å². The number of fused-ring (bicyclic) bond motifs is 1. The zero-order valence-corrected chi connectivity index (χ0v) is 17.3. The summed E-state index contributed by atoms with van der Waals surface area (Å²) < 4.78 is 0. The molecule has 7 heteroatoms. The van der Waals surface area contributed by atoms with E-state index in [9.17, 15) is 10.4 Å². The summed E-state index contributed by atoms with van der Waals surface area (Å²) in [7, 11) is 0. The summed E-state index contributed by atoms with van der Waals surface area (Å²) in [6.07, 6.45) is 5.91. The molecule has 1 aliphatic heterocycles. The molecular weight excluding hydrogens is 388 g/mol. The molecule has 0 unspecified atom stereocenters. The van der Waals surface area contributed by atoms with Crippen molar-refractivity contribution >= 4 is 17.2 Å². The first-order valence-corrected chi connectivity index (χ1v) is 10.8. The fraction of sp³-hybridized carbons (Fsp3) is 0.333. The van der Waals surface area contributed by atoms with Crippen molar-refractivity contribution in [2.75, 3.05) is 23.3 Å². The third-order valence-corrected chi connectivity index (χ3v) is 6.01. The van der Waals surface area contributed by atoms with Crippen LogP contribution in [0.1, 0.15) is 36.1 Å². The Morgan fingerprint density at radius 1 is 1.10 bits per heavy atom. The molecule has 1 saturated heterocycles. The SMILES string of the molecule is N#Cc1cc(Nc2nc(-c3ccccn3)nc3c2CCC3)ccc1N1CCC(O)CC1. The second-order valence-electron chi connectivity index (χ2n) is 8.08. The van der Waals surface area contributed by atoms with Gasteiger partial charge in [-0.2, -0.15) is 5.26 Å². The number of nitriles is 1. The number of hydrogen-bond acceptors (Lipinski definition) is 7. The fourth-order valence-electron chi connectivity index (χ4n) is 4.37. The van der Waals surface area contributed by atoms with Crippen molar-refractivity contribution in [2.24, 2.45) is 0 Å². The van der Waals surface area contributed by atoms with Gasteiger partial charge >= 0.3 is 0 Å². The maximum atomic E-state index is 9.77. The maximum Gasteiger partial charge on any atom is 0.180 e. The summed E-state index contributed by atoms with van der Waals surface area (Å²) in [5.41, 5.74) is 5.34. The number of aliphatic hydroxyl groups is 1. The largest absolute Gasteiger partial charge is 0.393 e. The Morgan fingerprint density at radius 3 is 2.74 bits per heavy atom. The summed E-state index contributed by atoms with van der Waals surface area (Å²) in [5.74, 6) is 1.41. The molecule has 0 atom stereocenters. The zero-order chi connectivity index (χ0) is 21.2. The lowest BCUT2D eigenvalue weighted by molar-refractivity contribution is 0.145. The van der Waals surface area contributed by atoms with Gasteiger partial charge in [0, 0.05) is 36.2 Å². The van der Waals surface area contributed by atoms with Gasteiger partial charge in [-0.15, -0.1) is 0 Å². The van der Waals surface area contributed by atoms with Crippen LogP contribution < -0.4 is 10.2 Å². The lowest BCUT2D eigenvalue weighted by Crippen LogP contribution is -2.36. The van der Waals surface area contributed by atoms with Crippen molar-refractivity contribution in [3.63, 3.8) is 0 Å². The summed E-state index contributed by atoms with van der Waals surface area (Å²) in [4.78, 5) is 16.1. The molecule has 1 fully saturated rings. The summed E-state index contributed by atoms with van der Waals surface area (Å²) in [5, 5.41) is 23.0. The quantitative estimate of drug-likeness (QED) is 0.675. The van der Waals surface area contributed by atoms with Crippen LogP contribution >= 0.6 is 0 Å². The Hall–Kier alpha value is -3.50. The van der Waals surface area contributed by atoms with E-state index in [1.54, 1.807) is 6.20 Å². The second-order valence-corrected chi connectivity index (χ2v) is 8.08. The molecule has 2 aliphatic rings. The van der Waals surface area contributed by atoms with Gasteiger partial charge in [-0.25, -0.2) is 9.97 Å². The van der Waals surface area contributed by atoms with Gasteiger partial charge in [0.05, 0.1) is 17.4 Å². The molecule has 0 radical (unpaired) electrons. The van der Waals surface area contributed by atoms with Crippen LogP contribution in [0.25, 0.3) is 11.5 Å². The molecule has 2 N–H and O–H groups in total. The number of anilines is 3. The molecular formula is C24H24N6O. The van der Waals surface area contributed by atoms with Gasteiger partial charge in [-0.3, -0.25) is 4.98 Å². The molecule has 0 spiro atoms. The minimum absolute atomic E-state index is 0.240. The number of pyridine rings is 1. The molecule has 7 nitrogen and oxygen atoms in total. The van der Waals surface area contributed by atoms with Crippen LogP contribution in [0, 0.1) is 11.3 Å². The smallest absolute Gasteiger partial charge is 0.180 e. The normalized spacial score (nSPS) is 16.1.